The molecular formula is C9H12F3NS2. The summed E-state index contributed by atoms with van der Waals surface area (Å²) >= 11 is 2.11. The Morgan fingerprint density at radius 3 is 2.60 bits per heavy atom. The first-order chi connectivity index (χ1) is 6.95. The van der Waals surface area contributed by atoms with Gasteiger partial charge < -0.3 is 5.73 Å². The van der Waals surface area contributed by atoms with Crippen molar-refractivity contribution in [1.29, 1.82) is 0 Å². The fourth-order valence-corrected chi connectivity index (χ4v) is 3.12. The molecule has 0 aromatic carbocycles. The molecule has 0 aliphatic heterocycles. The smallest absolute Gasteiger partial charge is 0.326 e. The van der Waals surface area contributed by atoms with E-state index in [0.717, 1.165) is 11.8 Å². The van der Waals surface area contributed by atoms with E-state index in [1.54, 1.807) is 24.4 Å². The molecule has 86 valence electrons. The summed E-state index contributed by atoms with van der Waals surface area (Å²) in [4.78, 5) is 0. The summed E-state index contributed by atoms with van der Waals surface area (Å²) in [7, 11) is 0. The summed E-state index contributed by atoms with van der Waals surface area (Å²) in [6.45, 7) is 1.67. The van der Waals surface area contributed by atoms with Gasteiger partial charge in [-0.05, 0) is 17.9 Å². The molecule has 6 heteroatoms. The van der Waals surface area contributed by atoms with Crippen LogP contribution in [0.1, 0.15) is 13.3 Å². The standard InChI is InChI=1S/C9H12F3NS2/c1-2-6(13)8(9(10,11)12)15-7-4-3-5-14-7/h3-6,8H,2,13H2,1H3. The number of rotatable bonds is 4. The summed E-state index contributed by atoms with van der Waals surface area (Å²) in [6, 6.07) is 2.56. The quantitative estimate of drug-likeness (QED) is 0.833. The fraction of sp³-hybridized carbons (Fsp3) is 0.556. The van der Waals surface area contributed by atoms with Crippen LogP contribution in [0.15, 0.2) is 21.7 Å². The van der Waals surface area contributed by atoms with E-state index in [-0.39, 0.29) is 0 Å². The van der Waals surface area contributed by atoms with Gasteiger partial charge in [0.2, 0.25) is 0 Å². The van der Waals surface area contributed by atoms with Crippen molar-refractivity contribution >= 4 is 23.1 Å². The van der Waals surface area contributed by atoms with Gasteiger partial charge in [0.15, 0.2) is 0 Å². The molecule has 15 heavy (non-hydrogen) atoms. The van der Waals surface area contributed by atoms with E-state index < -0.39 is 17.5 Å². The molecule has 1 rings (SSSR count). The van der Waals surface area contributed by atoms with Crippen molar-refractivity contribution in [3.8, 4) is 0 Å². The molecule has 2 atom stereocenters. The first kappa shape index (κ1) is 12.9. The van der Waals surface area contributed by atoms with Crippen LogP contribution in [0.2, 0.25) is 0 Å². The van der Waals surface area contributed by atoms with E-state index >= 15 is 0 Å². The molecule has 1 heterocycles. The average Bonchev–Trinajstić information content (AvgIpc) is 2.63. The Morgan fingerprint density at radius 1 is 1.53 bits per heavy atom. The third-order valence-corrected chi connectivity index (χ3v) is 4.40. The molecule has 0 saturated heterocycles. The number of alkyl halides is 3. The maximum Gasteiger partial charge on any atom is 0.402 e. The van der Waals surface area contributed by atoms with E-state index in [1.165, 1.54) is 11.3 Å². The largest absolute Gasteiger partial charge is 0.402 e. The fourth-order valence-electron chi connectivity index (χ4n) is 1.07. The molecule has 0 saturated carbocycles. The van der Waals surface area contributed by atoms with Crippen molar-refractivity contribution in [2.45, 2.75) is 35.0 Å². The Labute approximate surface area is 94.9 Å². The minimum Gasteiger partial charge on any atom is -0.326 e. The van der Waals surface area contributed by atoms with E-state index in [1.807, 2.05) is 0 Å². The average molecular weight is 255 g/mol. The Hall–Kier alpha value is -0.200. The van der Waals surface area contributed by atoms with Gasteiger partial charge in [0, 0.05) is 6.04 Å². The molecule has 1 nitrogen and oxygen atoms in total. The van der Waals surface area contributed by atoms with Gasteiger partial charge in [-0.25, -0.2) is 0 Å². The van der Waals surface area contributed by atoms with Crippen LogP contribution in [0.5, 0.6) is 0 Å². The number of thioether (sulfide) groups is 1. The molecule has 1 aromatic rings. The van der Waals surface area contributed by atoms with Gasteiger partial charge in [0.1, 0.15) is 5.25 Å². The number of hydrogen-bond acceptors (Lipinski definition) is 3. The molecule has 0 aliphatic carbocycles. The molecule has 1 aromatic heterocycles. The summed E-state index contributed by atoms with van der Waals surface area (Å²) in [5.74, 6) is 0. The summed E-state index contributed by atoms with van der Waals surface area (Å²) in [6.07, 6.45) is -3.92. The van der Waals surface area contributed by atoms with Crippen LogP contribution >= 0.6 is 23.1 Å². The van der Waals surface area contributed by atoms with Crippen molar-refractivity contribution in [3.05, 3.63) is 17.5 Å². The molecule has 0 bridgehead atoms. The van der Waals surface area contributed by atoms with Crippen molar-refractivity contribution < 1.29 is 13.2 Å². The topological polar surface area (TPSA) is 26.0 Å². The van der Waals surface area contributed by atoms with Gasteiger partial charge in [-0.15, -0.1) is 23.1 Å². The zero-order valence-corrected chi connectivity index (χ0v) is 9.75. The Balaban J connectivity index is 2.74. The minimum atomic E-state index is -4.25. The highest BCUT2D eigenvalue weighted by atomic mass is 32.2. The van der Waals surface area contributed by atoms with Crippen LogP contribution in [0.25, 0.3) is 0 Å². The van der Waals surface area contributed by atoms with Crippen LogP contribution in [0, 0.1) is 0 Å². The van der Waals surface area contributed by atoms with Crippen LogP contribution in [0.4, 0.5) is 13.2 Å². The lowest BCUT2D eigenvalue weighted by molar-refractivity contribution is -0.132. The van der Waals surface area contributed by atoms with Crippen LogP contribution in [-0.2, 0) is 0 Å². The lowest BCUT2D eigenvalue weighted by Gasteiger charge is -2.24. The maximum atomic E-state index is 12.7. The lowest BCUT2D eigenvalue weighted by Crippen LogP contribution is -2.42. The molecule has 0 spiro atoms. The number of hydrogen-bond donors (Lipinski definition) is 1. The molecule has 2 N–H and O–H groups in total. The number of nitrogens with two attached hydrogens (primary N) is 1. The van der Waals surface area contributed by atoms with Gasteiger partial charge in [-0.1, -0.05) is 13.0 Å². The second-order valence-corrected chi connectivity index (χ2v) is 5.47. The van der Waals surface area contributed by atoms with Gasteiger partial charge in [0.05, 0.1) is 4.21 Å². The second-order valence-electron chi connectivity index (χ2n) is 3.08. The third kappa shape index (κ3) is 3.70. The molecule has 0 radical (unpaired) electrons. The Bertz CT molecular complexity index is 284. The summed E-state index contributed by atoms with van der Waals surface area (Å²) in [5.41, 5.74) is 5.48. The predicted octanol–water partition coefficient (Wildman–Crippen LogP) is 3.51. The number of thiophene rings is 1. The van der Waals surface area contributed by atoms with Crippen molar-refractivity contribution in [1.82, 2.24) is 0 Å². The second kappa shape index (κ2) is 5.23. The van der Waals surface area contributed by atoms with E-state index in [0.29, 0.717) is 10.6 Å². The zero-order valence-electron chi connectivity index (χ0n) is 8.12. The molecule has 2 unspecified atom stereocenters. The number of halogens is 3. The highest BCUT2D eigenvalue weighted by Gasteiger charge is 2.43. The molecular weight excluding hydrogens is 243 g/mol. The first-order valence-corrected chi connectivity index (χ1v) is 6.23. The van der Waals surface area contributed by atoms with Crippen LogP contribution in [0.3, 0.4) is 0 Å². The van der Waals surface area contributed by atoms with Crippen molar-refractivity contribution in [3.63, 3.8) is 0 Å². The van der Waals surface area contributed by atoms with Gasteiger partial charge in [-0.2, -0.15) is 13.2 Å². The van der Waals surface area contributed by atoms with Crippen LogP contribution in [-0.4, -0.2) is 17.5 Å². The lowest BCUT2D eigenvalue weighted by atomic mass is 10.1. The normalized spacial score (nSPS) is 16.3. The van der Waals surface area contributed by atoms with Gasteiger partial charge in [-0.3, -0.25) is 0 Å². The Kier molecular flexibility index (Phi) is 4.48. The maximum absolute atomic E-state index is 12.7. The Morgan fingerprint density at radius 2 is 2.20 bits per heavy atom. The summed E-state index contributed by atoms with van der Waals surface area (Å²) < 4.78 is 38.6. The molecule has 0 fully saturated rings. The predicted molar refractivity (Wildman–Crippen MR) is 58.3 cm³/mol. The highest BCUT2D eigenvalue weighted by Crippen LogP contribution is 2.39. The first-order valence-electron chi connectivity index (χ1n) is 4.47. The monoisotopic (exact) mass is 255 g/mol. The van der Waals surface area contributed by atoms with E-state index in [2.05, 4.69) is 0 Å². The summed E-state index contributed by atoms with van der Waals surface area (Å²) in [5, 5.41) is 0.244. The van der Waals surface area contributed by atoms with Crippen molar-refractivity contribution in [2.24, 2.45) is 5.73 Å². The van der Waals surface area contributed by atoms with E-state index in [9.17, 15) is 13.2 Å². The van der Waals surface area contributed by atoms with Gasteiger partial charge >= 0.3 is 6.18 Å². The minimum absolute atomic E-state index is 0.322. The zero-order chi connectivity index (χ0) is 11.5. The molecule has 0 amide bonds. The van der Waals surface area contributed by atoms with Gasteiger partial charge in [0.25, 0.3) is 0 Å². The highest BCUT2D eigenvalue weighted by molar-refractivity contribution is 8.01. The third-order valence-electron chi connectivity index (χ3n) is 1.92. The van der Waals surface area contributed by atoms with Crippen LogP contribution < -0.4 is 5.73 Å². The van der Waals surface area contributed by atoms with E-state index in [4.69, 9.17) is 5.73 Å². The van der Waals surface area contributed by atoms with Crippen molar-refractivity contribution in [2.75, 3.05) is 0 Å². The SMILES string of the molecule is CCC(N)C(Sc1cccs1)C(F)(F)F. The molecule has 0 aliphatic rings.